The van der Waals surface area contributed by atoms with Crippen LogP contribution in [0, 0.1) is 0 Å². The SMILES string of the molecule is O=C(CNc1ccc2c(c1)SC(=CC=CC=C1C(=O)c3ccccc3S1(=O)=O)N2CCCS(=O)(=O)O)COCC(=O)ON1C(=O)CCC1=O. The molecular formula is C31H29N3O12S3. The zero-order chi connectivity index (χ0) is 35.3. The molecule has 1 fully saturated rings. The van der Waals surface area contributed by atoms with Gasteiger partial charge in [0.05, 0.1) is 27.9 Å². The first kappa shape index (κ1) is 35.7. The normalized spacial score (nSPS) is 18.5. The van der Waals surface area contributed by atoms with Gasteiger partial charge in [0.25, 0.3) is 21.9 Å². The quantitative estimate of drug-likeness (QED) is 0.162. The molecule has 3 heterocycles. The van der Waals surface area contributed by atoms with Gasteiger partial charge in [-0.2, -0.15) is 8.42 Å². The van der Waals surface area contributed by atoms with E-state index in [4.69, 9.17) is 4.74 Å². The van der Waals surface area contributed by atoms with Gasteiger partial charge in [-0.3, -0.25) is 23.7 Å². The van der Waals surface area contributed by atoms with Crippen molar-refractivity contribution in [1.82, 2.24) is 5.06 Å². The molecule has 15 nitrogen and oxygen atoms in total. The number of imide groups is 1. The lowest BCUT2D eigenvalue weighted by Crippen LogP contribution is -2.34. The number of hydrogen-bond acceptors (Lipinski definition) is 14. The first-order chi connectivity index (χ1) is 23.2. The Labute approximate surface area is 285 Å². The lowest BCUT2D eigenvalue weighted by atomic mass is 10.1. The fraction of sp³-hybridized carbons (Fsp3) is 0.258. The molecule has 3 aliphatic heterocycles. The van der Waals surface area contributed by atoms with E-state index in [-0.39, 0.29) is 47.7 Å². The van der Waals surface area contributed by atoms with E-state index in [1.54, 1.807) is 42.5 Å². The van der Waals surface area contributed by atoms with Crippen molar-refractivity contribution < 1.29 is 54.9 Å². The standard InChI is InChI=1S/C31H29N3O12S3/c35-21(18-45-19-30(38)46-34-27(36)12-13-28(34)37)17-32-20-10-11-23-24(16-20)47-29(33(23)14-5-15-48(40,41)42)9-4-3-8-26-31(39)22-6-1-2-7-25(22)49(26,43)44/h1-4,6-11,16,32H,5,12-15,17-19H2,(H,40,41,42). The van der Waals surface area contributed by atoms with Crippen LogP contribution in [0.5, 0.6) is 0 Å². The van der Waals surface area contributed by atoms with Gasteiger partial charge in [-0.25, -0.2) is 13.2 Å². The van der Waals surface area contributed by atoms with Crippen molar-refractivity contribution >= 4 is 72.4 Å². The number of amides is 2. The number of fused-ring (bicyclic) bond motifs is 2. The van der Waals surface area contributed by atoms with Crippen LogP contribution in [0.2, 0.25) is 0 Å². The number of nitrogens with zero attached hydrogens (tertiary/aromatic N) is 2. The van der Waals surface area contributed by atoms with Crippen LogP contribution >= 0.6 is 11.8 Å². The molecule has 0 spiro atoms. The van der Waals surface area contributed by atoms with Gasteiger partial charge in [-0.1, -0.05) is 36.0 Å². The third-order valence-electron chi connectivity index (χ3n) is 7.22. The minimum Gasteiger partial charge on any atom is -0.378 e. The zero-order valence-corrected chi connectivity index (χ0v) is 28.0. The molecule has 258 valence electrons. The monoisotopic (exact) mass is 731 g/mol. The zero-order valence-electron chi connectivity index (χ0n) is 25.6. The molecule has 0 unspecified atom stereocenters. The van der Waals surface area contributed by atoms with Gasteiger partial charge >= 0.3 is 5.97 Å². The molecule has 0 radical (unpaired) electrons. The molecular weight excluding hydrogens is 703 g/mol. The number of ether oxygens (including phenoxy) is 1. The molecule has 5 rings (SSSR count). The summed E-state index contributed by atoms with van der Waals surface area (Å²) < 4.78 is 62.6. The number of hydroxylamine groups is 2. The third-order valence-corrected chi connectivity index (χ3v) is 11.0. The first-order valence-electron chi connectivity index (χ1n) is 14.7. The molecule has 18 heteroatoms. The van der Waals surface area contributed by atoms with Crippen molar-refractivity contribution in [3.05, 3.63) is 82.3 Å². The van der Waals surface area contributed by atoms with E-state index in [0.717, 1.165) is 10.6 Å². The molecule has 0 atom stereocenters. The highest BCUT2D eigenvalue weighted by Crippen LogP contribution is 2.47. The van der Waals surface area contributed by atoms with Gasteiger partial charge in [0.2, 0.25) is 15.6 Å². The lowest BCUT2D eigenvalue weighted by Gasteiger charge is -2.20. The van der Waals surface area contributed by atoms with Gasteiger partial charge in [-0.15, -0.1) is 5.06 Å². The summed E-state index contributed by atoms with van der Waals surface area (Å²) in [5.41, 5.74) is 1.39. The largest absolute Gasteiger partial charge is 0.378 e. The maximum absolute atomic E-state index is 12.8. The fourth-order valence-electron chi connectivity index (χ4n) is 4.97. The Bertz CT molecular complexity index is 2020. The summed E-state index contributed by atoms with van der Waals surface area (Å²) >= 11 is 1.32. The summed E-state index contributed by atoms with van der Waals surface area (Å²) in [6, 6.07) is 11.2. The Kier molecular flexibility index (Phi) is 10.8. The van der Waals surface area contributed by atoms with Gasteiger partial charge < -0.3 is 19.8 Å². The second-order valence-electron chi connectivity index (χ2n) is 10.8. The molecule has 2 aromatic carbocycles. The average molecular weight is 732 g/mol. The number of sulfone groups is 1. The minimum absolute atomic E-state index is 0.0430. The topological polar surface area (TPSA) is 211 Å². The van der Waals surface area contributed by atoms with Crippen molar-refractivity contribution in [2.75, 3.05) is 42.3 Å². The molecule has 2 aromatic rings. The summed E-state index contributed by atoms with van der Waals surface area (Å²) in [7, 11) is -8.14. The molecule has 0 saturated carbocycles. The number of carbonyl (C=O) groups excluding carboxylic acids is 5. The lowest BCUT2D eigenvalue weighted by molar-refractivity contribution is -0.200. The predicted molar refractivity (Wildman–Crippen MR) is 175 cm³/mol. The van der Waals surface area contributed by atoms with E-state index < -0.39 is 68.3 Å². The summed E-state index contributed by atoms with van der Waals surface area (Å²) in [6.45, 7) is -1.04. The van der Waals surface area contributed by atoms with Crippen molar-refractivity contribution in [3.8, 4) is 0 Å². The van der Waals surface area contributed by atoms with Gasteiger partial charge in [0, 0.05) is 35.5 Å². The van der Waals surface area contributed by atoms with Crippen LogP contribution in [0.15, 0.2) is 86.5 Å². The molecule has 0 bridgehead atoms. The maximum atomic E-state index is 12.8. The van der Waals surface area contributed by atoms with Gasteiger partial charge in [0.15, 0.2) is 5.78 Å². The van der Waals surface area contributed by atoms with E-state index in [9.17, 15) is 45.4 Å². The Morgan fingerprint density at radius 2 is 1.71 bits per heavy atom. The van der Waals surface area contributed by atoms with Crippen LogP contribution in [0.3, 0.4) is 0 Å². The Balaban J connectivity index is 1.20. The number of thioether (sulfide) groups is 1. The number of carbonyl (C=O) groups is 5. The van der Waals surface area contributed by atoms with Crippen molar-refractivity contribution in [1.29, 1.82) is 0 Å². The number of Topliss-reactive ketones (excluding diaryl/α,β-unsaturated/α-hetero) is 2. The number of rotatable bonds is 14. The third kappa shape index (κ3) is 8.52. The van der Waals surface area contributed by atoms with Crippen LogP contribution in [0.25, 0.3) is 0 Å². The first-order valence-corrected chi connectivity index (χ1v) is 18.6. The molecule has 0 aliphatic carbocycles. The smallest absolute Gasteiger partial charge is 0.358 e. The Hall–Kier alpha value is -4.62. The van der Waals surface area contributed by atoms with Crippen LogP contribution in [0.4, 0.5) is 11.4 Å². The Morgan fingerprint density at radius 1 is 1.00 bits per heavy atom. The average Bonchev–Trinajstić information content (AvgIpc) is 3.62. The number of nitrogens with one attached hydrogen (secondary N) is 1. The van der Waals surface area contributed by atoms with Gasteiger partial charge in [0.1, 0.15) is 18.1 Å². The Morgan fingerprint density at radius 3 is 2.43 bits per heavy atom. The van der Waals surface area contributed by atoms with E-state index in [1.807, 2.05) is 4.90 Å². The minimum atomic E-state index is -4.19. The van der Waals surface area contributed by atoms with Crippen LogP contribution in [0.1, 0.15) is 29.6 Å². The summed E-state index contributed by atoms with van der Waals surface area (Å²) in [4.78, 5) is 66.8. The molecule has 1 saturated heterocycles. The molecule has 0 aromatic heterocycles. The molecule has 49 heavy (non-hydrogen) atoms. The number of anilines is 2. The van der Waals surface area contributed by atoms with E-state index in [0.29, 0.717) is 15.8 Å². The fourth-order valence-corrected chi connectivity index (χ4v) is 8.16. The van der Waals surface area contributed by atoms with Crippen LogP contribution < -0.4 is 10.2 Å². The van der Waals surface area contributed by atoms with E-state index >= 15 is 0 Å². The molecule has 2 N–H and O–H groups in total. The van der Waals surface area contributed by atoms with Crippen LogP contribution in [-0.2, 0) is 48.7 Å². The van der Waals surface area contributed by atoms with Gasteiger partial charge in [-0.05, 0) is 48.9 Å². The predicted octanol–water partition coefficient (Wildman–Crippen LogP) is 2.43. The van der Waals surface area contributed by atoms with Crippen molar-refractivity contribution in [3.63, 3.8) is 0 Å². The van der Waals surface area contributed by atoms with Crippen molar-refractivity contribution in [2.45, 2.75) is 29.1 Å². The molecule has 3 aliphatic rings. The van der Waals surface area contributed by atoms with E-state index in [2.05, 4.69) is 10.2 Å². The number of hydrogen-bond donors (Lipinski definition) is 2. The number of ketones is 2. The summed E-state index contributed by atoms with van der Waals surface area (Å²) in [5.74, 6) is -3.74. The molecule has 2 amide bonds. The van der Waals surface area contributed by atoms with Crippen molar-refractivity contribution in [2.24, 2.45) is 0 Å². The summed E-state index contributed by atoms with van der Waals surface area (Å²) in [6.07, 6.45) is 5.87. The highest BCUT2D eigenvalue weighted by Gasteiger charge is 2.38. The van der Waals surface area contributed by atoms with Crippen LogP contribution in [-0.4, -0.2) is 87.9 Å². The van der Waals surface area contributed by atoms with E-state index in [1.165, 1.54) is 36.0 Å². The second-order valence-corrected chi connectivity index (χ2v) is 15.3. The highest BCUT2D eigenvalue weighted by molar-refractivity contribution is 8.03. The second kappa shape index (κ2) is 14.9. The number of allylic oxidation sites excluding steroid dienone is 5. The maximum Gasteiger partial charge on any atom is 0.358 e. The number of benzene rings is 2. The summed E-state index contributed by atoms with van der Waals surface area (Å²) in [5, 5.41) is 3.99. The highest BCUT2D eigenvalue weighted by atomic mass is 32.2.